The molecule has 1 aromatic carbocycles. The Morgan fingerprint density at radius 1 is 1.04 bits per heavy atom. The number of benzene rings is 1. The van der Waals surface area contributed by atoms with E-state index in [0.29, 0.717) is 17.9 Å². The summed E-state index contributed by atoms with van der Waals surface area (Å²) in [5, 5.41) is 10.8. The molecule has 0 radical (unpaired) electrons. The van der Waals surface area contributed by atoms with E-state index in [-0.39, 0.29) is 33.6 Å². The van der Waals surface area contributed by atoms with Crippen molar-refractivity contribution in [1.29, 1.82) is 0 Å². The first-order valence-corrected chi connectivity index (χ1v) is 9.55. The van der Waals surface area contributed by atoms with Crippen molar-refractivity contribution in [2.75, 3.05) is 0 Å². The van der Waals surface area contributed by atoms with Crippen LogP contribution >= 0.6 is 11.3 Å². The molecule has 0 fully saturated rings. The van der Waals surface area contributed by atoms with Crippen molar-refractivity contribution >= 4 is 17.1 Å². The molecule has 0 atom stereocenters. The number of thiazole rings is 1. The lowest BCUT2D eigenvalue weighted by atomic mass is 9.78. The van der Waals surface area contributed by atoms with E-state index in [1.807, 2.05) is 29.1 Å². The minimum absolute atomic E-state index is 0. The van der Waals surface area contributed by atoms with E-state index in [0.717, 1.165) is 16.8 Å². The van der Waals surface area contributed by atoms with E-state index in [2.05, 4.69) is 48.5 Å². The van der Waals surface area contributed by atoms with Crippen molar-refractivity contribution in [2.45, 2.75) is 72.8 Å². The fourth-order valence-electron chi connectivity index (χ4n) is 2.85. The normalized spacial score (nSPS) is 12.0. The highest BCUT2D eigenvalue weighted by Gasteiger charge is 2.28. The lowest BCUT2D eigenvalue weighted by molar-refractivity contribution is -0.684. The highest BCUT2D eigenvalue weighted by atomic mass is 79.9. The van der Waals surface area contributed by atoms with Gasteiger partial charge in [-0.05, 0) is 29.9 Å². The Kier molecular flexibility index (Phi) is 6.86. The van der Waals surface area contributed by atoms with Crippen LogP contribution in [0.1, 0.15) is 73.6 Å². The van der Waals surface area contributed by atoms with Gasteiger partial charge in [-0.15, -0.1) is 0 Å². The molecule has 2 aromatic rings. The van der Waals surface area contributed by atoms with Gasteiger partial charge in [-0.3, -0.25) is 4.79 Å². The number of aromatic nitrogens is 1. The van der Waals surface area contributed by atoms with Crippen molar-refractivity contribution in [2.24, 2.45) is 0 Å². The van der Waals surface area contributed by atoms with Gasteiger partial charge in [0.25, 0.3) is 0 Å². The van der Waals surface area contributed by atoms with E-state index >= 15 is 0 Å². The SMILES string of the molecule is Cc1sc[n+](CC(=O)c2cc(C(C)(C)C)c(O)c(C(C)(C)C)c2)c1C.[Br-]. The number of hydrogen-bond acceptors (Lipinski definition) is 3. The van der Waals surface area contributed by atoms with Crippen LogP contribution in [-0.4, -0.2) is 10.9 Å². The number of rotatable bonds is 3. The van der Waals surface area contributed by atoms with Crippen molar-refractivity contribution in [1.82, 2.24) is 0 Å². The first kappa shape index (κ1) is 22.8. The molecule has 0 spiro atoms. The molecule has 2 rings (SSSR count). The second-order valence-corrected chi connectivity index (χ2v) is 9.89. The third kappa shape index (κ3) is 4.74. The fourth-order valence-corrected chi connectivity index (χ4v) is 3.66. The summed E-state index contributed by atoms with van der Waals surface area (Å²) in [6, 6.07) is 3.73. The number of aromatic hydroxyl groups is 1. The zero-order valence-corrected chi connectivity index (χ0v) is 19.4. The Morgan fingerprint density at radius 2 is 1.50 bits per heavy atom. The molecule has 3 nitrogen and oxygen atoms in total. The summed E-state index contributed by atoms with van der Waals surface area (Å²) in [6.07, 6.45) is 0. The van der Waals surface area contributed by atoms with Crippen molar-refractivity contribution in [3.05, 3.63) is 44.9 Å². The average molecular weight is 440 g/mol. The molecule has 1 aromatic heterocycles. The highest BCUT2D eigenvalue weighted by Crippen LogP contribution is 2.39. The largest absolute Gasteiger partial charge is 1.00 e. The molecule has 0 aliphatic heterocycles. The number of hydrogen-bond donors (Lipinski definition) is 1. The monoisotopic (exact) mass is 439 g/mol. The van der Waals surface area contributed by atoms with Crippen LogP contribution in [0, 0.1) is 13.8 Å². The fraction of sp³-hybridized carbons (Fsp3) is 0.524. The number of Topliss-reactive ketones (excluding diaryl/α,β-unsaturated/α-hetero) is 1. The van der Waals surface area contributed by atoms with Crippen LogP contribution in [0.2, 0.25) is 0 Å². The zero-order valence-electron chi connectivity index (χ0n) is 17.0. The molecule has 5 heteroatoms. The third-order valence-electron chi connectivity index (χ3n) is 4.66. The van der Waals surface area contributed by atoms with Crippen molar-refractivity contribution < 1.29 is 31.4 Å². The number of aryl methyl sites for hydroxylation is 1. The van der Waals surface area contributed by atoms with Gasteiger partial charge in [0.15, 0.2) is 5.69 Å². The summed E-state index contributed by atoms with van der Waals surface area (Å²) < 4.78 is 2.00. The molecule has 0 aliphatic carbocycles. The second kappa shape index (κ2) is 7.81. The number of phenols is 1. The second-order valence-electron chi connectivity index (χ2n) is 8.84. The minimum atomic E-state index is -0.234. The first-order chi connectivity index (χ1) is 11.3. The number of nitrogens with zero attached hydrogens (tertiary/aromatic N) is 1. The Labute approximate surface area is 171 Å². The van der Waals surface area contributed by atoms with Crippen molar-refractivity contribution in [3.8, 4) is 5.75 Å². The maximum absolute atomic E-state index is 12.9. The molecule has 0 aliphatic rings. The zero-order chi connectivity index (χ0) is 19.2. The first-order valence-electron chi connectivity index (χ1n) is 8.67. The standard InChI is InChI=1S/C21H29NO2S.BrH/c1-13-14(2)25-12-22(13)11-18(23)15-9-16(20(3,4)5)19(24)17(10-15)21(6,7)8;/h9-10,12H,11H2,1-8H3;1H. The van der Waals surface area contributed by atoms with Crippen LogP contribution < -0.4 is 21.5 Å². The van der Waals surface area contributed by atoms with E-state index < -0.39 is 0 Å². The summed E-state index contributed by atoms with van der Waals surface area (Å²) in [4.78, 5) is 14.2. The number of ketones is 1. The van der Waals surface area contributed by atoms with Gasteiger partial charge >= 0.3 is 0 Å². The smallest absolute Gasteiger partial charge is 0.227 e. The van der Waals surface area contributed by atoms with Gasteiger partial charge < -0.3 is 22.1 Å². The lowest BCUT2D eigenvalue weighted by Crippen LogP contribution is -3.00. The molecule has 1 heterocycles. The molecule has 144 valence electrons. The Balaban J connectivity index is 0.00000338. The topological polar surface area (TPSA) is 41.2 Å². The van der Waals surface area contributed by atoms with Gasteiger partial charge in [0.05, 0.1) is 4.88 Å². The van der Waals surface area contributed by atoms with Crippen LogP contribution in [-0.2, 0) is 17.4 Å². The molecule has 0 bridgehead atoms. The van der Waals surface area contributed by atoms with Gasteiger partial charge in [0.1, 0.15) is 5.75 Å². The van der Waals surface area contributed by atoms with Crippen molar-refractivity contribution in [3.63, 3.8) is 0 Å². The van der Waals surface area contributed by atoms with Gasteiger partial charge in [-0.25, -0.2) is 0 Å². The number of carbonyl (C=O) groups excluding carboxylic acids is 1. The van der Waals surface area contributed by atoms with E-state index in [1.54, 1.807) is 11.3 Å². The van der Waals surface area contributed by atoms with Gasteiger partial charge in [0, 0.05) is 23.6 Å². The van der Waals surface area contributed by atoms with Gasteiger partial charge in [0.2, 0.25) is 17.8 Å². The van der Waals surface area contributed by atoms with E-state index in [4.69, 9.17) is 0 Å². The summed E-state index contributed by atoms with van der Waals surface area (Å²) >= 11 is 1.66. The van der Waals surface area contributed by atoms with E-state index in [1.165, 1.54) is 4.88 Å². The van der Waals surface area contributed by atoms with Crippen LogP contribution in [0.5, 0.6) is 5.75 Å². The molecule has 0 amide bonds. The predicted molar refractivity (Wildman–Crippen MR) is 104 cm³/mol. The summed E-state index contributed by atoms with van der Waals surface area (Å²) in [7, 11) is 0. The van der Waals surface area contributed by atoms with Crippen LogP contribution in [0.4, 0.5) is 0 Å². The number of phenolic OH excluding ortho intramolecular Hbond substituents is 1. The quantitative estimate of drug-likeness (QED) is 0.585. The van der Waals surface area contributed by atoms with Crippen LogP contribution in [0.15, 0.2) is 17.6 Å². The number of halogens is 1. The maximum Gasteiger partial charge on any atom is 0.227 e. The van der Waals surface area contributed by atoms with Crippen LogP contribution in [0.3, 0.4) is 0 Å². The van der Waals surface area contributed by atoms with E-state index in [9.17, 15) is 9.90 Å². The molecule has 0 saturated heterocycles. The molecule has 0 unspecified atom stereocenters. The summed E-state index contributed by atoms with van der Waals surface area (Å²) in [5.41, 5.74) is 4.98. The lowest BCUT2D eigenvalue weighted by Gasteiger charge is -2.27. The highest BCUT2D eigenvalue weighted by molar-refractivity contribution is 7.09. The Morgan fingerprint density at radius 3 is 1.85 bits per heavy atom. The minimum Gasteiger partial charge on any atom is -1.00 e. The molecule has 26 heavy (non-hydrogen) atoms. The third-order valence-corrected chi connectivity index (χ3v) is 5.67. The summed E-state index contributed by atoms with van der Waals surface area (Å²) in [5.74, 6) is 0.383. The maximum atomic E-state index is 12.9. The van der Waals surface area contributed by atoms with Crippen LogP contribution in [0.25, 0.3) is 0 Å². The van der Waals surface area contributed by atoms with Gasteiger partial charge in [-0.1, -0.05) is 52.9 Å². The molecular formula is C21H30BrNO2S. The predicted octanol–water partition coefficient (Wildman–Crippen LogP) is 1.84. The molecule has 0 saturated carbocycles. The van der Waals surface area contributed by atoms with Gasteiger partial charge in [-0.2, -0.15) is 4.57 Å². The molecular weight excluding hydrogens is 410 g/mol. The Bertz CT molecular complexity index is 775. The average Bonchev–Trinajstić information content (AvgIpc) is 2.77. The number of carbonyl (C=O) groups is 1. The molecule has 1 N–H and O–H groups in total. The Hall–Kier alpha value is -1.20. The summed E-state index contributed by atoms with van der Waals surface area (Å²) in [6.45, 7) is 16.8.